The molecule has 10 nitrogen and oxygen atoms in total. The molecule has 14 heteroatoms. The van der Waals surface area contributed by atoms with E-state index in [0.29, 0.717) is 48.2 Å². The van der Waals surface area contributed by atoms with Crippen molar-refractivity contribution < 1.29 is 26.7 Å². The number of fused-ring (bicyclic) bond motifs is 2. The number of piperazine rings is 1. The number of halogens is 2. The molecule has 3 saturated heterocycles. The lowest BCUT2D eigenvalue weighted by Crippen LogP contribution is -2.65. The van der Waals surface area contributed by atoms with Crippen LogP contribution in [-0.2, 0) is 19.5 Å². The largest absolute Gasteiger partial charge is 0.378 e. The lowest BCUT2D eigenvalue weighted by atomic mass is 9.93. The van der Waals surface area contributed by atoms with Crippen molar-refractivity contribution in [1.29, 1.82) is 0 Å². The molecule has 0 amide bonds. The van der Waals surface area contributed by atoms with Crippen LogP contribution in [0.15, 0.2) is 29.3 Å². The molecule has 3 aromatic heterocycles. The summed E-state index contributed by atoms with van der Waals surface area (Å²) in [7, 11) is -3.94. The van der Waals surface area contributed by atoms with E-state index < -0.39 is 22.0 Å². The second-order valence-electron chi connectivity index (χ2n) is 10.5. The Labute approximate surface area is 223 Å². The number of nitrogens with one attached hydrogen (secondary N) is 1. The van der Waals surface area contributed by atoms with Gasteiger partial charge in [0.2, 0.25) is 10.0 Å². The minimum Gasteiger partial charge on any atom is -0.378 e. The molecule has 6 rings (SSSR count). The number of rotatable bonds is 6. The van der Waals surface area contributed by atoms with Gasteiger partial charge in [0.1, 0.15) is 10.8 Å². The third-order valence-corrected chi connectivity index (χ3v) is 10.4. The van der Waals surface area contributed by atoms with Gasteiger partial charge in [-0.3, -0.25) is 4.90 Å². The summed E-state index contributed by atoms with van der Waals surface area (Å²) in [6.45, 7) is 9.63. The minimum absolute atomic E-state index is 0.0915. The molecule has 2 unspecified atom stereocenters. The van der Waals surface area contributed by atoms with Gasteiger partial charge < -0.3 is 18.8 Å². The smallest absolute Gasteiger partial charge is 0.291 e. The Bertz CT molecular complexity index is 1460. The monoisotopic (exact) mass is 568 g/mol. The van der Waals surface area contributed by atoms with Crippen LogP contribution in [0.1, 0.15) is 32.2 Å². The van der Waals surface area contributed by atoms with Crippen molar-refractivity contribution in [2.24, 2.45) is 0 Å². The molecule has 0 aromatic carbocycles. The summed E-state index contributed by atoms with van der Waals surface area (Å²) in [5.74, 6) is 0.702. The molecule has 3 fully saturated rings. The first-order valence-electron chi connectivity index (χ1n) is 12.6. The summed E-state index contributed by atoms with van der Waals surface area (Å²) >= 11 is 0.803. The fraction of sp³-hybridized carbons (Fsp3) is 0.583. The van der Waals surface area contributed by atoms with Crippen molar-refractivity contribution in [2.75, 3.05) is 44.4 Å². The number of ether oxygens (including phenoxy) is 2. The highest BCUT2D eigenvalue weighted by atomic mass is 32.2. The first-order valence-corrected chi connectivity index (χ1v) is 14.9. The molecule has 38 heavy (non-hydrogen) atoms. The summed E-state index contributed by atoms with van der Waals surface area (Å²) in [5.41, 5.74) is 0.380. The van der Waals surface area contributed by atoms with Crippen LogP contribution < -0.4 is 9.62 Å². The van der Waals surface area contributed by atoms with E-state index in [9.17, 15) is 17.2 Å². The van der Waals surface area contributed by atoms with Crippen molar-refractivity contribution in [1.82, 2.24) is 24.2 Å². The molecule has 0 spiro atoms. The van der Waals surface area contributed by atoms with Gasteiger partial charge >= 0.3 is 0 Å². The molecule has 3 aliphatic heterocycles. The highest BCUT2D eigenvalue weighted by Gasteiger charge is 2.45. The normalized spacial score (nSPS) is 28.6. The van der Waals surface area contributed by atoms with Gasteiger partial charge in [0, 0.05) is 37.4 Å². The van der Waals surface area contributed by atoms with E-state index in [2.05, 4.69) is 31.6 Å². The Morgan fingerprint density at radius 3 is 2.74 bits per heavy atom. The first kappa shape index (κ1) is 26.0. The van der Waals surface area contributed by atoms with Crippen LogP contribution in [0.25, 0.3) is 16.1 Å². The number of sulfonamides is 1. The first-order chi connectivity index (χ1) is 18.1. The molecule has 6 heterocycles. The summed E-state index contributed by atoms with van der Waals surface area (Å²) in [6.07, 6.45) is -1.17. The molecule has 1 N–H and O–H groups in total. The van der Waals surface area contributed by atoms with Gasteiger partial charge in [-0.2, -0.15) is 0 Å². The third-order valence-electron chi connectivity index (χ3n) is 7.87. The van der Waals surface area contributed by atoms with Crippen LogP contribution in [0.5, 0.6) is 0 Å². The predicted octanol–water partition coefficient (Wildman–Crippen LogP) is 2.76. The zero-order valence-electron chi connectivity index (χ0n) is 21.3. The topological polar surface area (TPSA) is 101 Å². The number of aromatic nitrogens is 3. The van der Waals surface area contributed by atoms with Crippen molar-refractivity contribution in [3.8, 4) is 10.6 Å². The molecule has 0 bridgehead atoms. The molecule has 0 radical (unpaired) electrons. The van der Waals surface area contributed by atoms with E-state index >= 15 is 0 Å². The summed E-state index contributed by atoms with van der Waals surface area (Å²) < 4.78 is 69.7. The van der Waals surface area contributed by atoms with E-state index in [4.69, 9.17) is 9.47 Å². The van der Waals surface area contributed by atoms with Gasteiger partial charge in [-0.25, -0.2) is 21.9 Å². The highest BCUT2D eigenvalue weighted by molar-refractivity contribution is 7.89. The molecular weight excluding hydrogens is 538 g/mol. The van der Waals surface area contributed by atoms with Crippen LogP contribution in [0.2, 0.25) is 0 Å². The number of alkyl halides is 2. The van der Waals surface area contributed by atoms with Crippen LogP contribution >= 0.6 is 11.3 Å². The Hall–Kier alpha value is -2.23. The second-order valence-corrected chi connectivity index (χ2v) is 13.2. The molecular formula is C24H30F2N6O4S2. The van der Waals surface area contributed by atoms with Gasteiger partial charge in [-0.1, -0.05) is 11.3 Å². The molecule has 0 saturated carbocycles. The summed E-state index contributed by atoms with van der Waals surface area (Å²) in [6, 6.07) is 5.44. The fourth-order valence-electron chi connectivity index (χ4n) is 5.50. The SMILES string of the molecule is CC1OCC1(C)NS(=O)(=O)c1cc(N2C[C@@H]3COCCN3[C@@H](C)C2)n2ccc(-c3nnc(C(F)F)s3)c2c1. The van der Waals surface area contributed by atoms with Gasteiger partial charge in [0.25, 0.3) is 6.43 Å². The molecule has 4 atom stereocenters. The van der Waals surface area contributed by atoms with E-state index in [1.54, 1.807) is 18.2 Å². The Morgan fingerprint density at radius 1 is 1.24 bits per heavy atom. The lowest BCUT2D eigenvalue weighted by molar-refractivity contribution is -0.120. The maximum absolute atomic E-state index is 13.7. The average molecular weight is 569 g/mol. The van der Waals surface area contributed by atoms with Crippen LogP contribution in [0.3, 0.4) is 0 Å². The van der Waals surface area contributed by atoms with Gasteiger partial charge in [-0.05, 0) is 39.0 Å². The minimum atomic E-state index is -3.94. The maximum atomic E-state index is 13.7. The Balaban J connectivity index is 1.46. The van der Waals surface area contributed by atoms with Crippen molar-refractivity contribution in [3.63, 3.8) is 0 Å². The van der Waals surface area contributed by atoms with Crippen molar-refractivity contribution >= 4 is 32.7 Å². The van der Waals surface area contributed by atoms with E-state index in [0.717, 1.165) is 17.9 Å². The van der Waals surface area contributed by atoms with Crippen molar-refractivity contribution in [2.45, 2.75) is 55.8 Å². The van der Waals surface area contributed by atoms with Crippen LogP contribution in [0.4, 0.5) is 14.6 Å². The second kappa shape index (κ2) is 9.45. The average Bonchev–Trinajstić information content (AvgIpc) is 3.54. The predicted molar refractivity (Wildman–Crippen MR) is 138 cm³/mol. The fourth-order valence-corrected chi connectivity index (χ4v) is 7.72. The quantitative estimate of drug-likeness (QED) is 0.485. The number of hydrogen-bond donors (Lipinski definition) is 1. The lowest BCUT2D eigenvalue weighted by Gasteiger charge is -2.48. The standard InChI is InChI=1S/C24H30F2N6O4S2/c1-14-10-30(11-16-12-35-7-6-31(14)16)20-9-17(38(33,34)29-24(3)13-36-15(24)2)8-19-18(4-5-32(19)20)22-27-28-23(37-22)21(25)26/h4-5,8-9,14-16,21,29H,6-7,10-13H2,1-3H3/t14-,15?,16+,24?/m0/s1. The zero-order chi connectivity index (χ0) is 26.8. The van der Waals surface area contributed by atoms with Gasteiger partial charge in [0.15, 0.2) is 5.01 Å². The van der Waals surface area contributed by atoms with E-state index in [1.807, 2.05) is 24.4 Å². The summed E-state index contributed by atoms with van der Waals surface area (Å²) in [4.78, 5) is 4.71. The van der Waals surface area contributed by atoms with Crippen LogP contribution in [-0.4, -0.2) is 91.1 Å². The number of nitrogens with zero attached hydrogens (tertiary/aromatic N) is 5. The number of anilines is 1. The molecule has 206 valence electrons. The molecule has 3 aromatic rings. The highest BCUT2D eigenvalue weighted by Crippen LogP contribution is 2.37. The van der Waals surface area contributed by atoms with E-state index in [1.165, 1.54) is 0 Å². The Morgan fingerprint density at radius 2 is 2.05 bits per heavy atom. The van der Waals surface area contributed by atoms with E-state index in [-0.39, 0.29) is 34.7 Å². The Kier molecular flexibility index (Phi) is 6.47. The number of pyridine rings is 1. The van der Waals surface area contributed by atoms with Gasteiger partial charge in [-0.15, -0.1) is 10.2 Å². The third kappa shape index (κ3) is 4.40. The van der Waals surface area contributed by atoms with Gasteiger partial charge in [0.05, 0.1) is 47.9 Å². The number of hydrogen-bond acceptors (Lipinski definition) is 9. The zero-order valence-corrected chi connectivity index (χ0v) is 22.9. The summed E-state index contributed by atoms with van der Waals surface area (Å²) in [5, 5.41) is 7.54. The van der Waals surface area contributed by atoms with Crippen molar-refractivity contribution in [3.05, 3.63) is 29.4 Å². The number of morpholine rings is 1. The molecule has 3 aliphatic rings. The van der Waals surface area contributed by atoms with Crippen LogP contribution in [0, 0.1) is 0 Å². The maximum Gasteiger partial charge on any atom is 0.291 e. The molecule has 0 aliphatic carbocycles.